The van der Waals surface area contributed by atoms with Crippen LogP contribution in [-0.2, 0) is 4.79 Å². The van der Waals surface area contributed by atoms with Crippen molar-refractivity contribution in [3.05, 3.63) is 47.9 Å². The lowest BCUT2D eigenvalue weighted by molar-refractivity contribution is -0.117. The molecule has 1 saturated heterocycles. The maximum absolute atomic E-state index is 14.3. The van der Waals surface area contributed by atoms with E-state index in [1.54, 1.807) is 12.4 Å². The summed E-state index contributed by atoms with van der Waals surface area (Å²) in [4.78, 5) is 38.4. The largest absolute Gasteiger partial charge is 0.493 e. The maximum atomic E-state index is 14.3. The third-order valence-electron chi connectivity index (χ3n) is 6.80. The molecule has 1 saturated carbocycles. The van der Waals surface area contributed by atoms with Crippen molar-refractivity contribution in [3.63, 3.8) is 0 Å². The molecule has 2 aliphatic rings. The molecule has 38 heavy (non-hydrogen) atoms. The van der Waals surface area contributed by atoms with Crippen LogP contribution in [0.5, 0.6) is 5.75 Å². The first-order valence-electron chi connectivity index (χ1n) is 12.9. The Labute approximate surface area is 219 Å². The third kappa shape index (κ3) is 6.42. The number of rotatable bonds is 11. The van der Waals surface area contributed by atoms with Crippen molar-refractivity contribution in [3.8, 4) is 17.1 Å². The summed E-state index contributed by atoms with van der Waals surface area (Å²) in [6, 6.07) is 4.04. The topological polar surface area (TPSA) is 149 Å². The molecule has 0 radical (unpaired) electrons. The minimum atomic E-state index is -0.715. The fourth-order valence-corrected chi connectivity index (χ4v) is 4.46. The molecule has 3 N–H and O–H groups in total. The molecule has 1 aromatic carbocycles. The average Bonchev–Trinajstić information content (AvgIpc) is 3.66. The van der Waals surface area contributed by atoms with Gasteiger partial charge in [-0.25, -0.2) is 14.4 Å². The summed E-state index contributed by atoms with van der Waals surface area (Å²) < 4.78 is 25.3. The summed E-state index contributed by atoms with van der Waals surface area (Å²) in [6.07, 6.45) is 9.62. The van der Waals surface area contributed by atoms with Gasteiger partial charge in [0.2, 0.25) is 23.6 Å². The summed E-state index contributed by atoms with van der Waals surface area (Å²) in [5.74, 6) is 1.16. The standard InChI is InChI=1S/C26H30FN7O4/c27-21-12-19(5-6-20(21)24(36)29-15-22(28)35)37-11-1-2-16-7-9-34(10-8-16)26-30-13-18(14-31-26)23-32-25(38-33-23)17-3-4-17/h5-6,12-14,16-17H,1-4,7-11,15H2,(H2,28,35)(H,29,36). The van der Waals surface area contributed by atoms with Crippen LogP contribution in [0.2, 0.25) is 0 Å². The Hall–Kier alpha value is -4.09. The van der Waals surface area contributed by atoms with Gasteiger partial charge in [-0.05, 0) is 56.6 Å². The van der Waals surface area contributed by atoms with E-state index in [0.29, 0.717) is 41.9 Å². The van der Waals surface area contributed by atoms with E-state index in [1.807, 2.05) is 0 Å². The first-order valence-corrected chi connectivity index (χ1v) is 12.9. The van der Waals surface area contributed by atoms with E-state index in [0.717, 1.165) is 57.2 Å². The lowest BCUT2D eigenvalue weighted by Gasteiger charge is -2.32. The SMILES string of the molecule is NC(=O)CNC(=O)c1ccc(OCCCC2CCN(c3ncc(-c4noc(C5CC5)n4)cn3)CC2)cc1F. The predicted molar refractivity (Wildman–Crippen MR) is 135 cm³/mol. The van der Waals surface area contributed by atoms with E-state index in [4.69, 9.17) is 15.0 Å². The molecule has 200 valence electrons. The molecule has 2 amide bonds. The van der Waals surface area contributed by atoms with Crippen molar-refractivity contribution in [1.82, 2.24) is 25.4 Å². The number of nitrogens with zero attached hydrogens (tertiary/aromatic N) is 5. The summed E-state index contributed by atoms with van der Waals surface area (Å²) >= 11 is 0. The Bertz CT molecular complexity index is 1270. The van der Waals surface area contributed by atoms with Crippen molar-refractivity contribution in [1.29, 1.82) is 0 Å². The molecule has 3 heterocycles. The highest BCUT2D eigenvalue weighted by atomic mass is 19.1. The number of benzene rings is 1. The predicted octanol–water partition coefficient (Wildman–Crippen LogP) is 2.83. The molecule has 2 fully saturated rings. The summed E-state index contributed by atoms with van der Waals surface area (Å²) in [5, 5.41) is 6.31. The van der Waals surface area contributed by atoms with Gasteiger partial charge in [0.25, 0.3) is 5.91 Å². The number of ether oxygens (including phenoxy) is 1. The minimum absolute atomic E-state index is 0.165. The monoisotopic (exact) mass is 523 g/mol. The van der Waals surface area contributed by atoms with Crippen molar-refractivity contribution < 1.29 is 23.2 Å². The normalized spacial score (nSPS) is 15.9. The van der Waals surface area contributed by atoms with E-state index in [9.17, 15) is 14.0 Å². The molecule has 0 spiro atoms. The van der Waals surface area contributed by atoms with E-state index >= 15 is 0 Å². The molecule has 1 aliphatic heterocycles. The van der Waals surface area contributed by atoms with Gasteiger partial charge in [-0.2, -0.15) is 4.98 Å². The van der Waals surface area contributed by atoms with Gasteiger partial charge in [0.05, 0.1) is 24.3 Å². The number of nitrogens with two attached hydrogens (primary N) is 1. The van der Waals surface area contributed by atoms with Crippen LogP contribution in [0, 0.1) is 11.7 Å². The molecular formula is C26H30FN7O4. The number of nitrogens with one attached hydrogen (secondary N) is 1. The van der Waals surface area contributed by atoms with E-state index < -0.39 is 17.6 Å². The van der Waals surface area contributed by atoms with Crippen molar-refractivity contribution >= 4 is 17.8 Å². The number of hydrogen-bond acceptors (Lipinski definition) is 9. The number of primary amides is 1. The Morgan fingerprint density at radius 3 is 2.61 bits per heavy atom. The van der Waals surface area contributed by atoms with Crippen LogP contribution >= 0.6 is 0 Å². The fraction of sp³-hybridized carbons (Fsp3) is 0.462. The quantitative estimate of drug-likeness (QED) is 0.362. The second-order valence-electron chi connectivity index (χ2n) is 9.71. The van der Waals surface area contributed by atoms with Crippen LogP contribution in [0.3, 0.4) is 0 Å². The zero-order valence-corrected chi connectivity index (χ0v) is 20.9. The number of aromatic nitrogens is 4. The summed E-state index contributed by atoms with van der Waals surface area (Å²) in [5.41, 5.74) is 5.57. The molecule has 2 aromatic heterocycles. The van der Waals surface area contributed by atoms with Crippen molar-refractivity contribution in [2.75, 3.05) is 31.1 Å². The van der Waals surface area contributed by atoms with E-state index in [2.05, 4.69) is 30.3 Å². The Morgan fingerprint density at radius 2 is 1.92 bits per heavy atom. The number of anilines is 1. The van der Waals surface area contributed by atoms with Crippen molar-refractivity contribution in [2.45, 2.75) is 44.4 Å². The number of piperidine rings is 1. The molecule has 12 heteroatoms. The number of carbonyl (C=O) groups is 2. The van der Waals surface area contributed by atoms with Crippen LogP contribution in [0.4, 0.5) is 10.3 Å². The highest BCUT2D eigenvalue weighted by Crippen LogP contribution is 2.39. The van der Waals surface area contributed by atoms with Gasteiger partial charge in [0, 0.05) is 37.5 Å². The molecule has 11 nitrogen and oxygen atoms in total. The van der Waals surface area contributed by atoms with Crippen molar-refractivity contribution in [2.24, 2.45) is 11.7 Å². The van der Waals surface area contributed by atoms with Crippen LogP contribution in [0.15, 0.2) is 35.1 Å². The number of amides is 2. The lowest BCUT2D eigenvalue weighted by Crippen LogP contribution is -2.34. The van der Waals surface area contributed by atoms with E-state index in [-0.39, 0.29) is 12.1 Å². The zero-order chi connectivity index (χ0) is 26.5. The Balaban J connectivity index is 1.02. The Morgan fingerprint density at radius 1 is 1.16 bits per heavy atom. The van der Waals surface area contributed by atoms with Crippen LogP contribution in [0.25, 0.3) is 11.4 Å². The summed E-state index contributed by atoms with van der Waals surface area (Å²) in [6.45, 7) is 1.86. The second-order valence-corrected chi connectivity index (χ2v) is 9.71. The third-order valence-corrected chi connectivity index (χ3v) is 6.80. The molecule has 5 rings (SSSR count). The van der Waals surface area contributed by atoms with Crippen LogP contribution in [0.1, 0.15) is 60.7 Å². The molecule has 1 aliphatic carbocycles. The first kappa shape index (κ1) is 25.6. The van der Waals surface area contributed by atoms with Gasteiger partial charge in [-0.3, -0.25) is 9.59 Å². The molecule has 0 unspecified atom stereocenters. The van der Waals surface area contributed by atoms with Gasteiger partial charge >= 0.3 is 0 Å². The molecular weight excluding hydrogens is 493 g/mol. The smallest absolute Gasteiger partial charge is 0.254 e. The fourth-order valence-electron chi connectivity index (χ4n) is 4.46. The second kappa shape index (κ2) is 11.5. The molecule has 3 aromatic rings. The zero-order valence-electron chi connectivity index (χ0n) is 20.9. The van der Waals surface area contributed by atoms with Crippen LogP contribution < -0.4 is 20.7 Å². The van der Waals surface area contributed by atoms with Gasteiger partial charge in [-0.15, -0.1) is 0 Å². The minimum Gasteiger partial charge on any atom is -0.493 e. The highest BCUT2D eigenvalue weighted by molar-refractivity contribution is 5.96. The average molecular weight is 524 g/mol. The highest BCUT2D eigenvalue weighted by Gasteiger charge is 2.30. The summed E-state index contributed by atoms with van der Waals surface area (Å²) in [7, 11) is 0. The Kier molecular flexibility index (Phi) is 7.75. The molecule has 0 atom stereocenters. The van der Waals surface area contributed by atoms with Gasteiger partial charge in [0.1, 0.15) is 11.6 Å². The van der Waals surface area contributed by atoms with E-state index in [1.165, 1.54) is 18.2 Å². The first-order chi connectivity index (χ1) is 18.5. The van der Waals surface area contributed by atoms with Gasteiger partial charge in [-0.1, -0.05) is 5.16 Å². The lowest BCUT2D eigenvalue weighted by atomic mass is 9.92. The van der Waals surface area contributed by atoms with Gasteiger partial charge in [0.15, 0.2) is 0 Å². The van der Waals surface area contributed by atoms with Gasteiger partial charge < -0.3 is 25.2 Å². The van der Waals surface area contributed by atoms with Crippen LogP contribution in [-0.4, -0.2) is 58.2 Å². The number of hydrogen-bond donors (Lipinski definition) is 2. The number of carbonyl (C=O) groups excluding carboxylic acids is 2. The number of halogens is 1. The maximum Gasteiger partial charge on any atom is 0.254 e. The molecule has 0 bridgehead atoms.